The molecule has 0 bridgehead atoms. The summed E-state index contributed by atoms with van der Waals surface area (Å²) >= 11 is 0. The summed E-state index contributed by atoms with van der Waals surface area (Å²) in [6, 6.07) is 9.62. The Kier molecular flexibility index (Phi) is 6.89. The van der Waals surface area contributed by atoms with Gasteiger partial charge in [0.05, 0.1) is 0 Å². The summed E-state index contributed by atoms with van der Waals surface area (Å²) < 4.78 is 0. The molecule has 1 rings (SSSR count). The number of aliphatic carboxylic acids is 1. The molecule has 0 saturated carbocycles. The molecule has 0 amide bonds. The maximum atomic E-state index is 10.2. The van der Waals surface area contributed by atoms with Crippen LogP contribution in [0.4, 0.5) is 0 Å². The average molecular weight is 208 g/mol. The first-order valence-corrected chi connectivity index (χ1v) is 4.75. The summed E-state index contributed by atoms with van der Waals surface area (Å²) in [7, 11) is 0. The number of Topliss-reactive ketones (excluding diaryl/α,β-unsaturated/α-hetero) is 1. The van der Waals surface area contributed by atoms with Gasteiger partial charge in [0.1, 0.15) is 5.78 Å². The lowest BCUT2D eigenvalue weighted by Gasteiger charge is -1.95. The molecular weight excluding hydrogens is 192 g/mol. The topological polar surface area (TPSA) is 54.4 Å². The number of hydrogen-bond acceptors (Lipinski definition) is 2. The second-order valence-electron chi connectivity index (χ2n) is 3.29. The van der Waals surface area contributed by atoms with Crippen LogP contribution in [0, 0.1) is 0 Å². The molecule has 0 aromatic heterocycles. The molecule has 0 aliphatic rings. The predicted molar refractivity (Wildman–Crippen MR) is 58.8 cm³/mol. The summed E-state index contributed by atoms with van der Waals surface area (Å²) in [4.78, 5) is 19.6. The summed E-state index contributed by atoms with van der Waals surface area (Å²) in [6.07, 6.45) is 0.834. The molecule has 0 radical (unpaired) electrons. The van der Waals surface area contributed by atoms with Crippen molar-refractivity contribution in [3.63, 3.8) is 0 Å². The van der Waals surface area contributed by atoms with Crippen LogP contribution in [0.2, 0.25) is 0 Å². The van der Waals surface area contributed by atoms with E-state index in [1.807, 2.05) is 30.3 Å². The molecule has 0 heterocycles. The molecule has 1 aromatic rings. The van der Waals surface area contributed by atoms with Crippen LogP contribution in [-0.4, -0.2) is 16.9 Å². The fourth-order valence-electron chi connectivity index (χ4n) is 0.896. The van der Waals surface area contributed by atoms with Gasteiger partial charge in [-0.05, 0) is 25.8 Å². The number of carbonyl (C=O) groups excluding carboxylic acids is 1. The van der Waals surface area contributed by atoms with Crippen LogP contribution in [0.5, 0.6) is 0 Å². The van der Waals surface area contributed by atoms with Crippen molar-refractivity contribution in [2.75, 3.05) is 0 Å². The van der Waals surface area contributed by atoms with E-state index >= 15 is 0 Å². The van der Waals surface area contributed by atoms with Crippen LogP contribution in [0.1, 0.15) is 25.8 Å². The second-order valence-corrected chi connectivity index (χ2v) is 3.29. The lowest BCUT2D eigenvalue weighted by atomic mass is 10.1. The van der Waals surface area contributed by atoms with E-state index in [1.54, 1.807) is 0 Å². The Morgan fingerprint density at radius 1 is 1.13 bits per heavy atom. The van der Waals surface area contributed by atoms with E-state index in [2.05, 4.69) is 0 Å². The predicted octanol–water partition coefficient (Wildman–Crippen LogP) is 2.30. The van der Waals surface area contributed by atoms with Gasteiger partial charge in [-0.1, -0.05) is 30.3 Å². The highest BCUT2D eigenvalue weighted by atomic mass is 16.4. The van der Waals surface area contributed by atoms with Crippen molar-refractivity contribution in [3.05, 3.63) is 35.9 Å². The van der Waals surface area contributed by atoms with E-state index in [4.69, 9.17) is 5.11 Å². The first-order chi connectivity index (χ1) is 7.02. The molecule has 1 aromatic carbocycles. The normalized spacial score (nSPS) is 8.67. The summed E-state index contributed by atoms with van der Waals surface area (Å²) in [5, 5.41) is 8.37. The van der Waals surface area contributed by atoms with Gasteiger partial charge in [0.2, 0.25) is 0 Å². The van der Waals surface area contributed by atoms with E-state index in [-0.39, 0.29) is 12.2 Å². The lowest BCUT2D eigenvalue weighted by molar-refractivity contribution is -0.137. The van der Waals surface area contributed by atoms with Gasteiger partial charge in [-0.15, -0.1) is 0 Å². The van der Waals surface area contributed by atoms with Gasteiger partial charge < -0.3 is 9.90 Å². The maximum absolute atomic E-state index is 10.2. The molecule has 3 nitrogen and oxygen atoms in total. The van der Waals surface area contributed by atoms with Crippen LogP contribution >= 0.6 is 0 Å². The standard InChI is InChI=1S/C9H10O2.C3H6O/c10-9(11)7-6-8-4-2-1-3-5-8;1-3(2)4/h1-5H,6-7H2,(H,10,11);1-2H3. The summed E-state index contributed by atoms with van der Waals surface area (Å²) in [6.45, 7) is 3.06. The number of rotatable bonds is 3. The zero-order valence-electron chi connectivity index (χ0n) is 9.06. The molecule has 0 fully saturated rings. The monoisotopic (exact) mass is 208 g/mol. The quantitative estimate of drug-likeness (QED) is 0.829. The third-order valence-electron chi connectivity index (χ3n) is 1.47. The van der Waals surface area contributed by atoms with E-state index < -0.39 is 5.97 Å². The Morgan fingerprint density at radius 2 is 1.60 bits per heavy atom. The largest absolute Gasteiger partial charge is 0.481 e. The first kappa shape index (κ1) is 13.4. The molecule has 0 saturated heterocycles. The van der Waals surface area contributed by atoms with Crippen molar-refractivity contribution in [2.45, 2.75) is 26.7 Å². The van der Waals surface area contributed by atoms with Crippen LogP contribution in [0.25, 0.3) is 0 Å². The van der Waals surface area contributed by atoms with Crippen molar-refractivity contribution in [3.8, 4) is 0 Å². The van der Waals surface area contributed by atoms with Crippen molar-refractivity contribution in [1.82, 2.24) is 0 Å². The highest BCUT2D eigenvalue weighted by Crippen LogP contribution is 2.01. The summed E-state index contributed by atoms with van der Waals surface area (Å²) in [5.41, 5.74) is 1.08. The average Bonchev–Trinajstić information content (AvgIpc) is 2.15. The number of hydrogen-bond donors (Lipinski definition) is 1. The van der Waals surface area contributed by atoms with E-state index in [0.29, 0.717) is 6.42 Å². The number of aryl methyl sites for hydroxylation is 1. The smallest absolute Gasteiger partial charge is 0.303 e. The number of carbonyl (C=O) groups is 2. The van der Waals surface area contributed by atoms with Gasteiger partial charge in [-0.25, -0.2) is 0 Å². The third kappa shape index (κ3) is 10.3. The van der Waals surface area contributed by atoms with Gasteiger partial charge in [0.15, 0.2) is 0 Å². The van der Waals surface area contributed by atoms with Crippen LogP contribution in [0.15, 0.2) is 30.3 Å². The Bertz CT molecular complexity index is 300. The van der Waals surface area contributed by atoms with Gasteiger partial charge in [0.25, 0.3) is 0 Å². The van der Waals surface area contributed by atoms with Crippen molar-refractivity contribution >= 4 is 11.8 Å². The maximum Gasteiger partial charge on any atom is 0.303 e. The SMILES string of the molecule is CC(C)=O.O=C(O)CCc1ccccc1. The van der Waals surface area contributed by atoms with Crippen LogP contribution in [-0.2, 0) is 16.0 Å². The number of ketones is 1. The van der Waals surface area contributed by atoms with E-state index in [0.717, 1.165) is 5.56 Å². The van der Waals surface area contributed by atoms with Gasteiger partial charge >= 0.3 is 5.97 Å². The zero-order chi connectivity index (χ0) is 11.7. The molecule has 0 atom stereocenters. The minimum Gasteiger partial charge on any atom is -0.481 e. The minimum absolute atomic E-state index is 0.167. The fourth-order valence-corrected chi connectivity index (χ4v) is 0.896. The van der Waals surface area contributed by atoms with Gasteiger partial charge in [-0.2, -0.15) is 0 Å². The van der Waals surface area contributed by atoms with Crippen molar-refractivity contribution in [2.24, 2.45) is 0 Å². The third-order valence-corrected chi connectivity index (χ3v) is 1.47. The van der Waals surface area contributed by atoms with Crippen molar-refractivity contribution in [1.29, 1.82) is 0 Å². The Hall–Kier alpha value is -1.64. The van der Waals surface area contributed by atoms with E-state index in [9.17, 15) is 9.59 Å². The molecule has 0 unspecified atom stereocenters. The molecule has 15 heavy (non-hydrogen) atoms. The Labute approximate surface area is 89.7 Å². The molecule has 0 spiro atoms. The highest BCUT2D eigenvalue weighted by molar-refractivity contribution is 5.72. The Balaban J connectivity index is 0.000000423. The molecule has 3 heteroatoms. The molecule has 0 aliphatic carbocycles. The number of carboxylic acids is 1. The number of carboxylic acid groups (broad SMARTS) is 1. The fraction of sp³-hybridized carbons (Fsp3) is 0.333. The molecule has 82 valence electrons. The lowest BCUT2D eigenvalue weighted by Crippen LogP contribution is -1.96. The highest BCUT2D eigenvalue weighted by Gasteiger charge is 1.96. The second kappa shape index (κ2) is 7.74. The summed E-state index contributed by atoms with van der Waals surface area (Å²) in [5.74, 6) is -0.575. The first-order valence-electron chi connectivity index (χ1n) is 4.75. The van der Waals surface area contributed by atoms with Crippen LogP contribution in [0.3, 0.4) is 0 Å². The number of benzene rings is 1. The molecule has 0 aliphatic heterocycles. The molecule has 1 N–H and O–H groups in total. The van der Waals surface area contributed by atoms with E-state index in [1.165, 1.54) is 13.8 Å². The van der Waals surface area contributed by atoms with Crippen molar-refractivity contribution < 1.29 is 14.7 Å². The van der Waals surface area contributed by atoms with Crippen LogP contribution < -0.4 is 0 Å². The van der Waals surface area contributed by atoms with Gasteiger partial charge in [-0.3, -0.25) is 4.79 Å². The Morgan fingerprint density at radius 3 is 2.00 bits per heavy atom. The minimum atomic E-state index is -0.742. The zero-order valence-corrected chi connectivity index (χ0v) is 9.06. The van der Waals surface area contributed by atoms with Gasteiger partial charge in [0, 0.05) is 6.42 Å². The molecular formula is C12H16O3.